The van der Waals surface area contributed by atoms with Crippen LogP contribution in [0.25, 0.3) is 5.76 Å². The Labute approximate surface area is 242 Å². The number of benzene rings is 2. The molecule has 1 amide bonds. The van der Waals surface area contributed by atoms with Crippen LogP contribution in [0.1, 0.15) is 71.4 Å². The van der Waals surface area contributed by atoms with E-state index in [4.69, 9.17) is 9.47 Å². The lowest BCUT2D eigenvalue weighted by molar-refractivity contribution is -0.132. The minimum absolute atomic E-state index is 0.00909. The number of carbonyl (C=O) groups excluding carboxylic acids is 3. The smallest absolute Gasteiger partial charge is 0.350 e. The normalized spacial score (nSPS) is 19.7. The summed E-state index contributed by atoms with van der Waals surface area (Å²) in [5.74, 6) is -1.81. The van der Waals surface area contributed by atoms with Gasteiger partial charge in [0, 0.05) is 12.0 Å². The van der Waals surface area contributed by atoms with Crippen LogP contribution in [-0.4, -0.2) is 40.5 Å². The number of ether oxygens (including phenoxy) is 2. The molecule has 9 heteroatoms. The maximum Gasteiger partial charge on any atom is 0.350 e. The van der Waals surface area contributed by atoms with Crippen LogP contribution in [0.15, 0.2) is 60.7 Å². The van der Waals surface area contributed by atoms with Gasteiger partial charge >= 0.3 is 11.9 Å². The Balaban J connectivity index is 1.65. The number of fused-ring (bicyclic) bond motifs is 1. The van der Waals surface area contributed by atoms with Gasteiger partial charge in [-0.25, -0.2) is 9.78 Å². The number of rotatable bonds is 6. The largest absolute Gasteiger partial charge is 0.507 e. The van der Waals surface area contributed by atoms with Crippen molar-refractivity contribution < 1.29 is 29.0 Å². The van der Waals surface area contributed by atoms with E-state index in [0.29, 0.717) is 23.2 Å². The molecule has 212 valence electrons. The van der Waals surface area contributed by atoms with E-state index in [1.54, 1.807) is 25.1 Å². The first-order chi connectivity index (χ1) is 19.4. The molecule has 41 heavy (non-hydrogen) atoms. The second kappa shape index (κ2) is 10.6. The van der Waals surface area contributed by atoms with Crippen molar-refractivity contribution >= 4 is 39.9 Å². The molecule has 0 saturated carbocycles. The van der Waals surface area contributed by atoms with E-state index in [-0.39, 0.29) is 39.5 Å². The SMILES string of the molecule is C=CCOC(=O)c1sc(N2C(=O)C(=O)C(=C(O)c3ccc4c(c3)CC(C)O4)C2c2ccc(C(C)(C)C)cc2)nc1C. The van der Waals surface area contributed by atoms with Gasteiger partial charge in [0.1, 0.15) is 29.1 Å². The van der Waals surface area contributed by atoms with E-state index >= 15 is 0 Å². The van der Waals surface area contributed by atoms with Crippen molar-refractivity contribution in [3.8, 4) is 5.75 Å². The highest BCUT2D eigenvalue weighted by molar-refractivity contribution is 7.17. The van der Waals surface area contributed by atoms with Crippen molar-refractivity contribution in [2.75, 3.05) is 11.5 Å². The molecule has 1 saturated heterocycles. The highest BCUT2D eigenvalue weighted by Crippen LogP contribution is 2.45. The lowest BCUT2D eigenvalue weighted by atomic mass is 9.85. The highest BCUT2D eigenvalue weighted by atomic mass is 32.1. The number of carbonyl (C=O) groups is 3. The Bertz CT molecular complexity index is 1600. The minimum Gasteiger partial charge on any atom is -0.507 e. The predicted molar refractivity (Wildman–Crippen MR) is 157 cm³/mol. The fraction of sp³-hybridized carbons (Fsp3) is 0.312. The topological polar surface area (TPSA) is 106 Å². The van der Waals surface area contributed by atoms with Crippen molar-refractivity contribution in [2.45, 2.75) is 58.6 Å². The number of thiazole rings is 1. The van der Waals surface area contributed by atoms with E-state index in [9.17, 15) is 19.5 Å². The summed E-state index contributed by atoms with van der Waals surface area (Å²) in [4.78, 5) is 45.8. The highest BCUT2D eigenvalue weighted by Gasteiger charge is 2.48. The first kappa shape index (κ1) is 28.3. The number of aliphatic hydroxyl groups excluding tert-OH is 1. The zero-order valence-corrected chi connectivity index (χ0v) is 24.5. The molecule has 0 spiro atoms. The Hall–Kier alpha value is -4.24. The summed E-state index contributed by atoms with van der Waals surface area (Å²) < 4.78 is 11.0. The van der Waals surface area contributed by atoms with Crippen LogP contribution in [0, 0.1) is 6.92 Å². The van der Waals surface area contributed by atoms with E-state index in [1.807, 2.05) is 31.2 Å². The lowest BCUT2D eigenvalue weighted by Gasteiger charge is -2.25. The predicted octanol–water partition coefficient (Wildman–Crippen LogP) is 6.04. The third kappa shape index (κ3) is 5.17. The maximum atomic E-state index is 13.6. The number of amides is 1. The molecule has 2 aliphatic rings. The molecule has 2 aliphatic heterocycles. The molecule has 0 bridgehead atoms. The molecule has 8 nitrogen and oxygen atoms in total. The summed E-state index contributed by atoms with van der Waals surface area (Å²) in [6.45, 7) is 13.5. The average molecular weight is 573 g/mol. The molecule has 1 fully saturated rings. The molecular formula is C32H32N2O6S. The first-order valence-corrected chi connectivity index (χ1v) is 14.2. The third-order valence-corrected chi connectivity index (χ3v) is 8.35. The second-order valence-electron chi connectivity index (χ2n) is 11.3. The average Bonchev–Trinajstić information content (AvgIpc) is 3.58. The quantitative estimate of drug-likeness (QED) is 0.126. The molecule has 1 N–H and O–H groups in total. The van der Waals surface area contributed by atoms with Crippen molar-refractivity contribution in [1.29, 1.82) is 0 Å². The van der Waals surface area contributed by atoms with Crippen LogP contribution in [0.5, 0.6) is 5.75 Å². The van der Waals surface area contributed by atoms with Crippen LogP contribution in [0.3, 0.4) is 0 Å². The van der Waals surface area contributed by atoms with Crippen molar-refractivity contribution in [3.63, 3.8) is 0 Å². The molecule has 3 aromatic rings. The van der Waals surface area contributed by atoms with Gasteiger partial charge in [0.2, 0.25) is 0 Å². The molecule has 3 heterocycles. The van der Waals surface area contributed by atoms with Gasteiger partial charge in [0.25, 0.3) is 5.78 Å². The van der Waals surface area contributed by atoms with Gasteiger partial charge < -0.3 is 14.6 Å². The van der Waals surface area contributed by atoms with Gasteiger partial charge in [-0.05, 0) is 54.2 Å². The number of esters is 1. The number of aromatic nitrogens is 1. The molecular weight excluding hydrogens is 540 g/mol. The number of hydrogen-bond acceptors (Lipinski definition) is 8. The molecule has 2 unspecified atom stereocenters. The van der Waals surface area contributed by atoms with Crippen LogP contribution in [-0.2, 0) is 26.2 Å². The Morgan fingerprint density at radius 3 is 2.59 bits per heavy atom. The number of Topliss-reactive ketones (excluding diaryl/α,β-unsaturated/α-hetero) is 1. The fourth-order valence-corrected chi connectivity index (χ4v) is 6.10. The zero-order valence-electron chi connectivity index (χ0n) is 23.7. The van der Waals surface area contributed by atoms with E-state index in [1.165, 1.54) is 11.0 Å². The van der Waals surface area contributed by atoms with E-state index in [2.05, 4.69) is 32.3 Å². The molecule has 2 aromatic carbocycles. The molecule has 5 rings (SSSR count). The summed E-state index contributed by atoms with van der Waals surface area (Å²) in [5.41, 5.74) is 3.24. The van der Waals surface area contributed by atoms with E-state index < -0.39 is 23.7 Å². The summed E-state index contributed by atoms with van der Waals surface area (Å²) in [7, 11) is 0. The molecule has 0 radical (unpaired) electrons. The van der Waals surface area contributed by atoms with Gasteiger partial charge in [-0.2, -0.15) is 0 Å². The first-order valence-electron chi connectivity index (χ1n) is 13.4. The number of ketones is 1. The standard InChI is InChI=1S/C32H32N2O6S/c1-7-14-39-30(38)28-18(3)33-31(41-28)34-25(19-8-11-22(12-9-19)32(4,5)6)24(27(36)29(34)37)26(35)20-10-13-23-21(16-20)15-17(2)40-23/h7-13,16-17,25,35H,1,14-15H2,2-6H3. The molecule has 2 atom stereocenters. The molecule has 0 aliphatic carbocycles. The molecule has 1 aromatic heterocycles. The number of aryl methyl sites for hydroxylation is 1. The number of hydrogen-bond donors (Lipinski definition) is 1. The number of aliphatic hydroxyl groups is 1. The van der Waals surface area contributed by atoms with Crippen LogP contribution in [0.2, 0.25) is 0 Å². The van der Waals surface area contributed by atoms with Gasteiger partial charge in [0.15, 0.2) is 5.13 Å². The second-order valence-corrected chi connectivity index (χ2v) is 12.3. The zero-order chi connectivity index (χ0) is 29.6. The van der Waals surface area contributed by atoms with Gasteiger partial charge in [-0.3, -0.25) is 14.5 Å². The number of nitrogens with zero attached hydrogens (tertiary/aromatic N) is 2. The maximum absolute atomic E-state index is 13.6. The van der Waals surface area contributed by atoms with Crippen LogP contribution >= 0.6 is 11.3 Å². The Morgan fingerprint density at radius 1 is 1.22 bits per heavy atom. The summed E-state index contributed by atoms with van der Waals surface area (Å²) in [6, 6.07) is 11.9. The summed E-state index contributed by atoms with van der Waals surface area (Å²) in [6.07, 6.45) is 2.14. The number of anilines is 1. The van der Waals surface area contributed by atoms with Crippen molar-refractivity contribution in [1.82, 2.24) is 4.98 Å². The lowest BCUT2D eigenvalue weighted by Crippen LogP contribution is -2.29. The van der Waals surface area contributed by atoms with Gasteiger partial charge in [-0.15, -0.1) is 0 Å². The van der Waals surface area contributed by atoms with Crippen molar-refractivity contribution in [3.05, 3.63) is 93.5 Å². The Kier molecular flexibility index (Phi) is 7.33. The van der Waals surface area contributed by atoms with Gasteiger partial charge in [-0.1, -0.05) is 69.0 Å². The van der Waals surface area contributed by atoms with Crippen LogP contribution < -0.4 is 9.64 Å². The van der Waals surface area contributed by atoms with E-state index in [0.717, 1.165) is 28.2 Å². The monoisotopic (exact) mass is 572 g/mol. The summed E-state index contributed by atoms with van der Waals surface area (Å²) >= 11 is 0.965. The summed E-state index contributed by atoms with van der Waals surface area (Å²) in [5, 5.41) is 11.7. The minimum atomic E-state index is -0.963. The third-order valence-electron chi connectivity index (χ3n) is 7.22. The van der Waals surface area contributed by atoms with Crippen molar-refractivity contribution in [2.24, 2.45) is 0 Å². The fourth-order valence-electron chi connectivity index (χ4n) is 5.11. The Morgan fingerprint density at radius 2 is 1.93 bits per heavy atom. The van der Waals surface area contributed by atoms with Gasteiger partial charge in [0.05, 0.1) is 17.3 Å². The van der Waals surface area contributed by atoms with Crippen LogP contribution in [0.4, 0.5) is 5.13 Å².